The Labute approximate surface area is 90.3 Å². The summed E-state index contributed by atoms with van der Waals surface area (Å²) < 4.78 is 72.7. The number of rotatable bonds is 4. The third kappa shape index (κ3) is 5.42. The number of allylic oxidation sites excluding steroid dienone is 2. The Bertz CT molecular complexity index is 224. The van der Waals surface area contributed by atoms with Crippen LogP contribution in [0.25, 0.3) is 0 Å². The van der Waals surface area contributed by atoms with Gasteiger partial charge in [0.25, 0.3) is 0 Å². The fraction of sp³-hybridized carbons (Fsp3) is 0.800. The maximum absolute atomic E-state index is 12.2. The van der Waals surface area contributed by atoms with Crippen molar-refractivity contribution in [2.45, 2.75) is 39.0 Å². The molecule has 0 aliphatic rings. The molecule has 96 valence electrons. The summed E-state index contributed by atoms with van der Waals surface area (Å²) in [5.41, 5.74) is 0. The van der Waals surface area contributed by atoms with Gasteiger partial charge in [-0.15, -0.1) is 0 Å². The van der Waals surface area contributed by atoms with Gasteiger partial charge in [-0.05, 0) is 12.8 Å². The van der Waals surface area contributed by atoms with E-state index in [1.165, 1.54) is 6.92 Å². The van der Waals surface area contributed by atoms with Crippen molar-refractivity contribution in [3.63, 3.8) is 0 Å². The molecule has 0 aromatic heterocycles. The van der Waals surface area contributed by atoms with Crippen LogP contribution in [0.5, 0.6) is 0 Å². The van der Waals surface area contributed by atoms with Gasteiger partial charge in [0.2, 0.25) is 0 Å². The van der Waals surface area contributed by atoms with Gasteiger partial charge in [0.15, 0.2) is 0 Å². The Morgan fingerprint density at radius 3 is 1.81 bits per heavy atom. The van der Waals surface area contributed by atoms with Crippen LogP contribution in [0.3, 0.4) is 0 Å². The lowest BCUT2D eigenvalue weighted by molar-refractivity contribution is -0.168. The van der Waals surface area contributed by atoms with Gasteiger partial charge in [-0.1, -0.05) is 26.0 Å². The third-order valence-corrected chi connectivity index (χ3v) is 2.28. The number of halogens is 6. The van der Waals surface area contributed by atoms with Crippen molar-refractivity contribution in [3.8, 4) is 0 Å². The molecule has 2 unspecified atom stereocenters. The Hall–Kier alpha value is -0.680. The Kier molecular flexibility index (Phi) is 5.35. The van der Waals surface area contributed by atoms with Crippen LogP contribution in [0.15, 0.2) is 12.2 Å². The molecule has 6 heteroatoms. The average molecular weight is 248 g/mol. The van der Waals surface area contributed by atoms with Gasteiger partial charge in [0.1, 0.15) is 0 Å². The largest absolute Gasteiger partial charge is 0.395 e. The highest BCUT2D eigenvalue weighted by atomic mass is 19.4. The predicted molar refractivity (Wildman–Crippen MR) is 48.8 cm³/mol. The van der Waals surface area contributed by atoms with Crippen LogP contribution in [0.2, 0.25) is 0 Å². The van der Waals surface area contributed by atoms with Crippen molar-refractivity contribution >= 4 is 0 Å². The van der Waals surface area contributed by atoms with E-state index in [2.05, 4.69) is 0 Å². The molecule has 0 N–H and O–H groups in total. The summed E-state index contributed by atoms with van der Waals surface area (Å²) in [5, 5.41) is 0. The van der Waals surface area contributed by atoms with Gasteiger partial charge in [-0.25, -0.2) is 0 Å². The molecule has 0 aliphatic heterocycles. The maximum atomic E-state index is 12.2. The maximum Gasteiger partial charge on any atom is 0.395 e. The smallest absolute Gasteiger partial charge is 0.171 e. The summed E-state index contributed by atoms with van der Waals surface area (Å²) in [7, 11) is 0. The first-order valence-corrected chi connectivity index (χ1v) is 4.89. The van der Waals surface area contributed by atoms with E-state index in [9.17, 15) is 26.3 Å². The molecule has 2 atom stereocenters. The van der Waals surface area contributed by atoms with Gasteiger partial charge in [-0.2, -0.15) is 26.3 Å². The molecule has 0 saturated carbocycles. The molecule has 0 heterocycles. The molecule has 0 aromatic rings. The lowest BCUT2D eigenvalue weighted by Crippen LogP contribution is -2.21. The van der Waals surface area contributed by atoms with Crippen molar-refractivity contribution in [2.24, 2.45) is 11.8 Å². The van der Waals surface area contributed by atoms with Crippen molar-refractivity contribution in [3.05, 3.63) is 12.2 Å². The summed E-state index contributed by atoms with van der Waals surface area (Å²) in [6, 6.07) is 0. The molecule has 0 bridgehead atoms. The van der Waals surface area contributed by atoms with E-state index in [0.717, 1.165) is 19.1 Å². The molecule has 0 saturated heterocycles. The highest BCUT2D eigenvalue weighted by Gasteiger charge is 2.37. The number of alkyl halides is 6. The zero-order valence-electron chi connectivity index (χ0n) is 8.99. The number of hydrogen-bond acceptors (Lipinski definition) is 0. The van der Waals surface area contributed by atoms with E-state index in [4.69, 9.17) is 0 Å². The summed E-state index contributed by atoms with van der Waals surface area (Å²) in [5.74, 6) is -3.28. The molecule has 0 aliphatic carbocycles. The van der Waals surface area contributed by atoms with Crippen LogP contribution >= 0.6 is 0 Å². The molecule has 0 nitrogen and oxygen atoms in total. The lowest BCUT2D eigenvalue weighted by atomic mass is 10.0. The van der Waals surface area contributed by atoms with Crippen molar-refractivity contribution in [1.82, 2.24) is 0 Å². The summed E-state index contributed by atoms with van der Waals surface area (Å²) in [6.45, 7) is 2.29. The van der Waals surface area contributed by atoms with Gasteiger partial charge >= 0.3 is 12.4 Å². The topological polar surface area (TPSA) is 0 Å². The van der Waals surface area contributed by atoms with E-state index in [1.54, 1.807) is 0 Å². The van der Waals surface area contributed by atoms with Gasteiger partial charge < -0.3 is 0 Å². The van der Waals surface area contributed by atoms with E-state index in [-0.39, 0.29) is 6.42 Å². The lowest BCUT2D eigenvalue weighted by Gasteiger charge is -2.16. The van der Waals surface area contributed by atoms with E-state index in [0.29, 0.717) is 0 Å². The van der Waals surface area contributed by atoms with E-state index in [1.807, 2.05) is 0 Å². The predicted octanol–water partition coefficient (Wildman–Crippen LogP) is 4.72. The van der Waals surface area contributed by atoms with Gasteiger partial charge in [0, 0.05) is 0 Å². The zero-order valence-corrected chi connectivity index (χ0v) is 8.99. The molecular formula is C10H14F6. The highest BCUT2D eigenvalue weighted by molar-refractivity contribution is 4.92. The molecule has 0 fully saturated rings. The summed E-state index contributed by atoms with van der Waals surface area (Å²) in [6.07, 6.45) is -7.56. The second-order valence-corrected chi connectivity index (χ2v) is 3.66. The fourth-order valence-corrected chi connectivity index (χ4v) is 1.06. The van der Waals surface area contributed by atoms with Crippen LogP contribution in [0, 0.1) is 11.8 Å². The summed E-state index contributed by atoms with van der Waals surface area (Å²) in [4.78, 5) is 0. The van der Waals surface area contributed by atoms with Crippen LogP contribution in [-0.4, -0.2) is 12.4 Å². The van der Waals surface area contributed by atoms with Crippen molar-refractivity contribution in [2.75, 3.05) is 0 Å². The van der Waals surface area contributed by atoms with E-state index < -0.39 is 30.6 Å². The number of hydrogen-bond donors (Lipinski definition) is 0. The Balaban J connectivity index is 4.29. The SMILES string of the molecule is CCC(/C=C/CC(C)C(F)(F)F)C(F)(F)F. The fourth-order valence-electron chi connectivity index (χ4n) is 1.06. The Morgan fingerprint density at radius 1 is 1.00 bits per heavy atom. The second kappa shape index (κ2) is 5.59. The quantitative estimate of drug-likeness (QED) is 0.499. The molecule has 0 amide bonds. The molecule has 16 heavy (non-hydrogen) atoms. The van der Waals surface area contributed by atoms with Crippen molar-refractivity contribution in [1.29, 1.82) is 0 Å². The average Bonchev–Trinajstić information content (AvgIpc) is 2.08. The second-order valence-electron chi connectivity index (χ2n) is 3.66. The first-order valence-electron chi connectivity index (χ1n) is 4.89. The monoisotopic (exact) mass is 248 g/mol. The minimum atomic E-state index is -4.38. The standard InChI is InChI=1S/C10H14F6/c1-3-8(10(14,15)16)6-4-5-7(2)9(11,12)13/h4,6-8H,3,5H2,1-2H3/b6-4+. The zero-order chi connectivity index (χ0) is 13.0. The van der Waals surface area contributed by atoms with Crippen LogP contribution in [0.1, 0.15) is 26.7 Å². The molecule has 0 spiro atoms. The summed E-state index contributed by atoms with van der Waals surface area (Å²) >= 11 is 0. The van der Waals surface area contributed by atoms with Gasteiger partial charge in [-0.3, -0.25) is 0 Å². The Morgan fingerprint density at radius 2 is 1.50 bits per heavy atom. The van der Waals surface area contributed by atoms with E-state index >= 15 is 0 Å². The van der Waals surface area contributed by atoms with Crippen molar-refractivity contribution < 1.29 is 26.3 Å². The first-order chi connectivity index (χ1) is 7.09. The molecule has 0 radical (unpaired) electrons. The minimum Gasteiger partial charge on any atom is -0.171 e. The molecular weight excluding hydrogens is 234 g/mol. The molecule has 0 aromatic carbocycles. The van der Waals surface area contributed by atoms with Gasteiger partial charge in [0.05, 0.1) is 11.8 Å². The minimum absolute atomic E-state index is 0.166. The first kappa shape index (κ1) is 15.3. The van der Waals surface area contributed by atoms with Crippen LogP contribution in [-0.2, 0) is 0 Å². The van der Waals surface area contributed by atoms with Crippen LogP contribution in [0.4, 0.5) is 26.3 Å². The third-order valence-electron chi connectivity index (χ3n) is 2.28. The normalized spacial score (nSPS) is 17.8. The van der Waals surface area contributed by atoms with Crippen LogP contribution < -0.4 is 0 Å². The molecule has 0 rings (SSSR count). The highest BCUT2D eigenvalue weighted by Crippen LogP contribution is 2.31.